The minimum Gasteiger partial charge on any atom is -0.487 e. The predicted molar refractivity (Wildman–Crippen MR) is 116 cm³/mol. The van der Waals surface area contributed by atoms with E-state index in [1.54, 1.807) is 12.3 Å². The van der Waals surface area contributed by atoms with Gasteiger partial charge in [-0.15, -0.1) is 0 Å². The van der Waals surface area contributed by atoms with E-state index in [2.05, 4.69) is 36.9 Å². The van der Waals surface area contributed by atoms with Gasteiger partial charge in [0.05, 0.1) is 10.2 Å². The standard InChI is InChI=1S/C21H15Br2ClFNO/c1-13-5-6-18(10-20(13)24)26-11-15-8-16(22)9-19(23)21(15)27-12-14-3-2-4-17(25)7-14/h2-11H,12H2,1H3. The van der Waals surface area contributed by atoms with Crippen LogP contribution in [-0.4, -0.2) is 6.21 Å². The van der Waals surface area contributed by atoms with Gasteiger partial charge in [0.15, 0.2) is 0 Å². The maximum atomic E-state index is 13.4. The number of hydrogen-bond acceptors (Lipinski definition) is 2. The van der Waals surface area contributed by atoms with E-state index in [-0.39, 0.29) is 12.4 Å². The third-order valence-electron chi connectivity index (χ3n) is 3.82. The lowest BCUT2D eigenvalue weighted by Gasteiger charge is -2.12. The Bertz CT molecular complexity index is 1010. The highest BCUT2D eigenvalue weighted by Gasteiger charge is 2.10. The van der Waals surface area contributed by atoms with Gasteiger partial charge in [-0.2, -0.15) is 0 Å². The van der Waals surface area contributed by atoms with Gasteiger partial charge in [-0.25, -0.2) is 4.39 Å². The van der Waals surface area contributed by atoms with Crippen molar-refractivity contribution in [2.24, 2.45) is 4.99 Å². The maximum Gasteiger partial charge on any atom is 0.142 e. The fraction of sp³-hybridized carbons (Fsp3) is 0.0952. The Kier molecular flexibility index (Phi) is 6.68. The molecule has 0 saturated carbocycles. The summed E-state index contributed by atoms with van der Waals surface area (Å²) in [6, 6.07) is 15.8. The zero-order valence-electron chi connectivity index (χ0n) is 14.3. The molecule has 0 fully saturated rings. The summed E-state index contributed by atoms with van der Waals surface area (Å²) in [5.74, 6) is 0.341. The molecular formula is C21H15Br2ClFNO. The SMILES string of the molecule is Cc1ccc(N=Cc2cc(Br)cc(Br)c2OCc2cccc(F)c2)cc1Cl. The van der Waals surface area contributed by atoms with Crippen LogP contribution in [0.2, 0.25) is 5.02 Å². The van der Waals surface area contributed by atoms with E-state index in [1.165, 1.54) is 12.1 Å². The van der Waals surface area contributed by atoms with Crippen molar-refractivity contribution in [1.82, 2.24) is 0 Å². The molecule has 3 aromatic carbocycles. The van der Waals surface area contributed by atoms with Crippen molar-refractivity contribution in [1.29, 1.82) is 0 Å². The lowest BCUT2D eigenvalue weighted by Crippen LogP contribution is -2.00. The second-order valence-corrected chi connectivity index (χ2v) is 8.09. The van der Waals surface area contributed by atoms with Crippen LogP contribution in [0.25, 0.3) is 0 Å². The summed E-state index contributed by atoms with van der Waals surface area (Å²) in [5, 5.41) is 0.669. The monoisotopic (exact) mass is 509 g/mol. The van der Waals surface area contributed by atoms with Crippen LogP contribution >= 0.6 is 43.5 Å². The summed E-state index contributed by atoms with van der Waals surface area (Å²) in [7, 11) is 0. The maximum absolute atomic E-state index is 13.4. The number of aryl methyl sites for hydroxylation is 1. The van der Waals surface area contributed by atoms with E-state index >= 15 is 0 Å². The Morgan fingerprint density at radius 2 is 1.93 bits per heavy atom. The molecule has 0 aliphatic carbocycles. The van der Waals surface area contributed by atoms with Gasteiger partial charge in [0.2, 0.25) is 0 Å². The third kappa shape index (κ3) is 5.41. The van der Waals surface area contributed by atoms with E-state index in [4.69, 9.17) is 16.3 Å². The predicted octanol–water partition coefficient (Wildman–Crippen LogP) is 7.64. The van der Waals surface area contributed by atoms with E-state index in [0.717, 1.165) is 31.3 Å². The summed E-state index contributed by atoms with van der Waals surface area (Å²) in [4.78, 5) is 4.50. The topological polar surface area (TPSA) is 21.6 Å². The average Bonchev–Trinajstić information content (AvgIpc) is 2.62. The quantitative estimate of drug-likeness (QED) is 0.323. The van der Waals surface area contributed by atoms with Gasteiger partial charge >= 0.3 is 0 Å². The molecule has 0 spiro atoms. The first-order chi connectivity index (χ1) is 12.9. The highest BCUT2D eigenvalue weighted by atomic mass is 79.9. The summed E-state index contributed by atoms with van der Waals surface area (Å²) in [6.45, 7) is 2.19. The molecule has 0 aliphatic rings. The normalized spacial score (nSPS) is 11.1. The number of benzene rings is 3. The van der Waals surface area contributed by atoms with Crippen molar-refractivity contribution in [3.05, 3.63) is 91.1 Å². The molecule has 0 saturated heterocycles. The number of nitrogens with zero attached hydrogens (tertiary/aromatic N) is 1. The van der Waals surface area contributed by atoms with Gasteiger partial charge in [-0.05, 0) is 70.4 Å². The van der Waals surface area contributed by atoms with Crippen LogP contribution in [0.5, 0.6) is 5.75 Å². The number of hydrogen-bond donors (Lipinski definition) is 0. The van der Waals surface area contributed by atoms with Crippen LogP contribution in [0, 0.1) is 12.7 Å². The van der Waals surface area contributed by atoms with Crippen LogP contribution in [0.15, 0.2) is 68.5 Å². The molecular weight excluding hydrogens is 496 g/mol. The highest BCUT2D eigenvalue weighted by Crippen LogP contribution is 2.33. The lowest BCUT2D eigenvalue weighted by atomic mass is 10.2. The Morgan fingerprint density at radius 3 is 2.67 bits per heavy atom. The fourth-order valence-electron chi connectivity index (χ4n) is 2.42. The van der Waals surface area contributed by atoms with Crippen molar-refractivity contribution < 1.29 is 9.13 Å². The van der Waals surface area contributed by atoms with Gasteiger partial charge in [-0.1, -0.05) is 45.7 Å². The van der Waals surface area contributed by atoms with Crippen LogP contribution in [0.3, 0.4) is 0 Å². The number of aliphatic imine (C=N–C) groups is 1. The van der Waals surface area contributed by atoms with Crippen molar-refractivity contribution in [3.8, 4) is 5.75 Å². The highest BCUT2D eigenvalue weighted by molar-refractivity contribution is 9.11. The van der Waals surface area contributed by atoms with Crippen molar-refractivity contribution in [2.75, 3.05) is 0 Å². The molecule has 0 radical (unpaired) electrons. The Morgan fingerprint density at radius 1 is 1.11 bits per heavy atom. The van der Waals surface area contributed by atoms with Gasteiger partial charge < -0.3 is 4.74 Å². The number of halogens is 4. The van der Waals surface area contributed by atoms with E-state index in [9.17, 15) is 4.39 Å². The molecule has 0 unspecified atom stereocenters. The molecule has 0 aromatic heterocycles. The molecule has 0 bridgehead atoms. The van der Waals surface area contributed by atoms with Gasteiger partial charge in [-0.3, -0.25) is 4.99 Å². The first kappa shape index (κ1) is 20.1. The van der Waals surface area contributed by atoms with Gasteiger partial charge in [0, 0.05) is 21.3 Å². The number of ether oxygens (including phenoxy) is 1. The Hall–Kier alpha value is -1.69. The largest absolute Gasteiger partial charge is 0.487 e. The average molecular weight is 512 g/mol. The molecule has 0 heterocycles. The van der Waals surface area contributed by atoms with Crippen LogP contribution < -0.4 is 4.74 Å². The molecule has 138 valence electrons. The van der Waals surface area contributed by atoms with Gasteiger partial charge in [0.1, 0.15) is 18.2 Å². The molecule has 6 heteroatoms. The van der Waals surface area contributed by atoms with E-state index < -0.39 is 0 Å². The number of rotatable bonds is 5. The summed E-state index contributed by atoms with van der Waals surface area (Å²) < 4.78 is 21.0. The van der Waals surface area contributed by atoms with Gasteiger partial charge in [0.25, 0.3) is 0 Å². The minimum atomic E-state index is -0.288. The molecule has 2 nitrogen and oxygen atoms in total. The second kappa shape index (κ2) is 9.00. The summed E-state index contributed by atoms with van der Waals surface area (Å²) >= 11 is 13.2. The third-order valence-corrected chi connectivity index (χ3v) is 5.27. The Labute approximate surface area is 179 Å². The van der Waals surface area contributed by atoms with Crippen molar-refractivity contribution in [3.63, 3.8) is 0 Å². The molecule has 3 aromatic rings. The van der Waals surface area contributed by atoms with Crippen molar-refractivity contribution in [2.45, 2.75) is 13.5 Å². The Balaban J connectivity index is 1.87. The fourth-order valence-corrected chi connectivity index (χ4v) is 3.96. The molecule has 0 amide bonds. The zero-order valence-corrected chi connectivity index (χ0v) is 18.3. The van der Waals surface area contributed by atoms with Crippen LogP contribution in [-0.2, 0) is 6.61 Å². The van der Waals surface area contributed by atoms with E-state index in [1.807, 2.05) is 43.3 Å². The van der Waals surface area contributed by atoms with Crippen LogP contribution in [0.4, 0.5) is 10.1 Å². The zero-order chi connectivity index (χ0) is 19.4. The molecule has 27 heavy (non-hydrogen) atoms. The first-order valence-corrected chi connectivity index (χ1v) is 10.1. The molecule has 3 rings (SSSR count). The lowest BCUT2D eigenvalue weighted by molar-refractivity contribution is 0.303. The molecule has 0 aliphatic heterocycles. The van der Waals surface area contributed by atoms with E-state index in [0.29, 0.717) is 10.8 Å². The molecule has 0 atom stereocenters. The first-order valence-electron chi connectivity index (χ1n) is 8.09. The second-order valence-electron chi connectivity index (χ2n) is 5.92. The van der Waals surface area contributed by atoms with Crippen LogP contribution in [0.1, 0.15) is 16.7 Å². The van der Waals surface area contributed by atoms with Crippen molar-refractivity contribution >= 4 is 55.4 Å². The smallest absolute Gasteiger partial charge is 0.142 e. The molecule has 0 N–H and O–H groups in total. The minimum absolute atomic E-state index is 0.245. The summed E-state index contributed by atoms with van der Waals surface area (Å²) in [6.07, 6.45) is 1.72. The summed E-state index contributed by atoms with van der Waals surface area (Å²) in [5.41, 5.74) is 3.28.